The van der Waals surface area contributed by atoms with Crippen LogP contribution in [0.4, 0.5) is 4.39 Å². The SMILES string of the molecule is COC[C@@H](O)COc1c(C)cc(F)cc1Br. The van der Waals surface area contributed by atoms with Gasteiger partial charge in [-0.3, -0.25) is 0 Å². The summed E-state index contributed by atoms with van der Waals surface area (Å²) in [4.78, 5) is 0. The first-order valence-corrected chi connectivity index (χ1v) is 5.59. The number of ether oxygens (including phenoxy) is 2. The minimum Gasteiger partial charge on any atom is -0.489 e. The van der Waals surface area contributed by atoms with Gasteiger partial charge in [-0.2, -0.15) is 0 Å². The highest BCUT2D eigenvalue weighted by Gasteiger charge is 2.10. The molecule has 1 rings (SSSR count). The van der Waals surface area contributed by atoms with Gasteiger partial charge < -0.3 is 14.6 Å². The molecule has 0 aliphatic rings. The van der Waals surface area contributed by atoms with E-state index in [1.807, 2.05) is 0 Å². The Morgan fingerprint density at radius 3 is 2.69 bits per heavy atom. The molecule has 0 aromatic heterocycles. The fourth-order valence-corrected chi connectivity index (χ4v) is 1.94. The van der Waals surface area contributed by atoms with Crippen molar-refractivity contribution in [3.05, 3.63) is 28.0 Å². The lowest BCUT2D eigenvalue weighted by molar-refractivity contribution is 0.0322. The van der Waals surface area contributed by atoms with Gasteiger partial charge in [0.1, 0.15) is 24.3 Å². The van der Waals surface area contributed by atoms with Gasteiger partial charge in [-0.15, -0.1) is 0 Å². The Hall–Kier alpha value is -0.650. The number of methoxy groups -OCH3 is 1. The molecule has 1 atom stereocenters. The van der Waals surface area contributed by atoms with Crippen LogP contribution in [0.25, 0.3) is 0 Å². The van der Waals surface area contributed by atoms with E-state index in [1.54, 1.807) is 6.92 Å². The van der Waals surface area contributed by atoms with Crippen LogP contribution >= 0.6 is 15.9 Å². The molecule has 90 valence electrons. The standard InChI is InChI=1S/C11H14BrFO3/c1-7-3-8(13)4-10(12)11(7)16-6-9(14)5-15-2/h3-4,9,14H,5-6H2,1-2H3/t9-/m1/s1. The van der Waals surface area contributed by atoms with Crippen LogP contribution in [0.3, 0.4) is 0 Å². The molecule has 1 aromatic carbocycles. The van der Waals surface area contributed by atoms with E-state index in [1.165, 1.54) is 19.2 Å². The number of benzene rings is 1. The monoisotopic (exact) mass is 292 g/mol. The number of rotatable bonds is 5. The van der Waals surface area contributed by atoms with E-state index < -0.39 is 6.10 Å². The highest BCUT2D eigenvalue weighted by atomic mass is 79.9. The minimum atomic E-state index is -0.693. The first kappa shape index (κ1) is 13.4. The predicted molar refractivity (Wildman–Crippen MR) is 62.2 cm³/mol. The molecule has 0 heterocycles. The summed E-state index contributed by atoms with van der Waals surface area (Å²) in [7, 11) is 1.50. The van der Waals surface area contributed by atoms with Crippen LogP contribution in [-0.4, -0.2) is 31.5 Å². The van der Waals surface area contributed by atoms with Crippen molar-refractivity contribution in [1.29, 1.82) is 0 Å². The fraction of sp³-hybridized carbons (Fsp3) is 0.455. The third-order valence-corrected chi connectivity index (χ3v) is 2.56. The lowest BCUT2D eigenvalue weighted by Gasteiger charge is -2.14. The predicted octanol–water partition coefficient (Wildman–Crippen LogP) is 2.28. The molecule has 1 N–H and O–H groups in total. The highest BCUT2D eigenvalue weighted by molar-refractivity contribution is 9.10. The average Bonchev–Trinajstić information content (AvgIpc) is 2.16. The molecule has 0 bridgehead atoms. The molecule has 0 amide bonds. The van der Waals surface area contributed by atoms with Crippen LogP contribution in [0, 0.1) is 12.7 Å². The van der Waals surface area contributed by atoms with Crippen molar-refractivity contribution >= 4 is 15.9 Å². The Balaban J connectivity index is 2.67. The average molecular weight is 293 g/mol. The zero-order chi connectivity index (χ0) is 12.1. The van der Waals surface area contributed by atoms with Gasteiger partial charge in [-0.25, -0.2) is 4.39 Å². The van der Waals surface area contributed by atoms with Gasteiger partial charge in [0.2, 0.25) is 0 Å². The number of aliphatic hydroxyl groups excluding tert-OH is 1. The summed E-state index contributed by atoms with van der Waals surface area (Å²) in [6, 6.07) is 2.70. The Morgan fingerprint density at radius 2 is 2.12 bits per heavy atom. The second-order valence-corrected chi connectivity index (χ2v) is 4.31. The third kappa shape index (κ3) is 3.73. The topological polar surface area (TPSA) is 38.7 Å². The molecule has 1 aromatic rings. The first-order valence-electron chi connectivity index (χ1n) is 4.80. The van der Waals surface area contributed by atoms with Gasteiger partial charge in [0.25, 0.3) is 0 Å². The summed E-state index contributed by atoms with van der Waals surface area (Å²) in [5.74, 6) is 0.214. The number of aryl methyl sites for hydroxylation is 1. The van der Waals surface area contributed by atoms with E-state index in [9.17, 15) is 9.50 Å². The molecule has 0 unspecified atom stereocenters. The summed E-state index contributed by atoms with van der Waals surface area (Å²) in [6.45, 7) is 2.06. The molecule has 0 fully saturated rings. The quantitative estimate of drug-likeness (QED) is 0.905. The molecule has 0 aliphatic carbocycles. The van der Waals surface area contributed by atoms with Crippen LogP contribution < -0.4 is 4.74 Å². The maximum Gasteiger partial charge on any atom is 0.136 e. The second kappa shape index (κ2) is 6.18. The normalized spacial score (nSPS) is 12.6. The van der Waals surface area contributed by atoms with Crippen LogP contribution in [0.1, 0.15) is 5.56 Å². The number of aliphatic hydroxyl groups is 1. The largest absolute Gasteiger partial charge is 0.489 e. The number of hydrogen-bond acceptors (Lipinski definition) is 3. The van der Waals surface area contributed by atoms with E-state index in [2.05, 4.69) is 15.9 Å². The van der Waals surface area contributed by atoms with Gasteiger partial charge in [0.15, 0.2) is 0 Å². The van der Waals surface area contributed by atoms with Crippen molar-refractivity contribution in [2.75, 3.05) is 20.3 Å². The Kier molecular flexibility index (Phi) is 5.18. The molecular formula is C11H14BrFO3. The molecular weight excluding hydrogens is 279 g/mol. The van der Waals surface area contributed by atoms with Gasteiger partial charge in [-0.05, 0) is 40.5 Å². The highest BCUT2D eigenvalue weighted by Crippen LogP contribution is 2.29. The van der Waals surface area contributed by atoms with E-state index in [0.29, 0.717) is 15.8 Å². The van der Waals surface area contributed by atoms with Gasteiger partial charge in [-0.1, -0.05) is 0 Å². The molecule has 3 nitrogen and oxygen atoms in total. The molecule has 16 heavy (non-hydrogen) atoms. The fourth-order valence-electron chi connectivity index (χ4n) is 1.29. The van der Waals surface area contributed by atoms with Crippen molar-refractivity contribution in [3.63, 3.8) is 0 Å². The van der Waals surface area contributed by atoms with Crippen molar-refractivity contribution in [3.8, 4) is 5.75 Å². The van der Waals surface area contributed by atoms with E-state index in [-0.39, 0.29) is 19.0 Å². The van der Waals surface area contributed by atoms with Crippen LogP contribution in [0.15, 0.2) is 16.6 Å². The lowest BCUT2D eigenvalue weighted by atomic mass is 10.2. The Bertz CT molecular complexity index is 334. The minimum absolute atomic E-state index is 0.110. The summed E-state index contributed by atoms with van der Waals surface area (Å²) in [5.41, 5.74) is 0.677. The lowest BCUT2D eigenvalue weighted by Crippen LogP contribution is -2.22. The maximum absolute atomic E-state index is 13.0. The van der Waals surface area contributed by atoms with Crippen LogP contribution in [-0.2, 0) is 4.74 Å². The van der Waals surface area contributed by atoms with Crippen molar-refractivity contribution in [1.82, 2.24) is 0 Å². The zero-order valence-electron chi connectivity index (χ0n) is 9.17. The number of halogens is 2. The molecule has 0 aliphatic heterocycles. The van der Waals surface area contributed by atoms with Gasteiger partial charge in [0.05, 0.1) is 11.1 Å². The van der Waals surface area contributed by atoms with E-state index in [4.69, 9.17) is 9.47 Å². The van der Waals surface area contributed by atoms with Crippen LogP contribution in [0.5, 0.6) is 5.75 Å². The third-order valence-electron chi connectivity index (χ3n) is 1.97. The summed E-state index contributed by atoms with van der Waals surface area (Å²) < 4.78 is 23.7. The van der Waals surface area contributed by atoms with E-state index in [0.717, 1.165) is 0 Å². The molecule has 0 radical (unpaired) electrons. The zero-order valence-corrected chi connectivity index (χ0v) is 10.8. The van der Waals surface area contributed by atoms with Crippen molar-refractivity contribution in [2.24, 2.45) is 0 Å². The van der Waals surface area contributed by atoms with Gasteiger partial charge in [0, 0.05) is 7.11 Å². The summed E-state index contributed by atoms with van der Waals surface area (Å²) >= 11 is 3.21. The smallest absolute Gasteiger partial charge is 0.136 e. The number of hydrogen-bond donors (Lipinski definition) is 1. The Morgan fingerprint density at radius 1 is 1.44 bits per heavy atom. The maximum atomic E-state index is 13.0. The molecule has 0 spiro atoms. The summed E-state index contributed by atoms with van der Waals surface area (Å²) in [6.07, 6.45) is -0.693. The van der Waals surface area contributed by atoms with Crippen molar-refractivity contribution in [2.45, 2.75) is 13.0 Å². The summed E-state index contributed by atoms with van der Waals surface area (Å²) in [5, 5.41) is 9.41. The van der Waals surface area contributed by atoms with Crippen LogP contribution in [0.2, 0.25) is 0 Å². The van der Waals surface area contributed by atoms with Gasteiger partial charge >= 0.3 is 0 Å². The Labute approximate surface area is 102 Å². The molecule has 5 heteroatoms. The van der Waals surface area contributed by atoms with E-state index >= 15 is 0 Å². The molecule has 0 saturated carbocycles. The second-order valence-electron chi connectivity index (χ2n) is 3.45. The first-order chi connectivity index (χ1) is 7.54. The molecule has 0 saturated heterocycles. The van der Waals surface area contributed by atoms with Crippen molar-refractivity contribution < 1.29 is 19.0 Å².